The van der Waals surface area contributed by atoms with Crippen LogP contribution in [0.15, 0.2) is 24.3 Å². The van der Waals surface area contributed by atoms with Gasteiger partial charge >= 0.3 is 0 Å². The lowest BCUT2D eigenvalue weighted by Crippen LogP contribution is -2.40. The minimum atomic E-state index is 0.0517. The summed E-state index contributed by atoms with van der Waals surface area (Å²) < 4.78 is 0. The highest BCUT2D eigenvalue weighted by atomic mass is 16.2. The molecule has 4 heteroatoms. The lowest BCUT2D eigenvalue weighted by molar-refractivity contribution is -0.130. The average Bonchev–Trinajstić information content (AvgIpc) is 2.47. The van der Waals surface area contributed by atoms with E-state index in [4.69, 9.17) is 0 Å². The summed E-state index contributed by atoms with van der Waals surface area (Å²) in [5.74, 6) is 0.231. The number of carbonyl (C=O) groups excluding carboxylic acids is 2. The third-order valence-corrected chi connectivity index (χ3v) is 4.10. The summed E-state index contributed by atoms with van der Waals surface area (Å²) >= 11 is 0. The van der Waals surface area contributed by atoms with Gasteiger partial charge in [-0.2, -0.15) is 0 Å². The minimum absolute atomic E-state index is 0.0517. The van der Waals surface area contributed by atoms with Gasteiger partial charge < -0.3 is 10.2 Å². The van der Waals surface area contributed by atoms with E-state index in [1.54, 1.807) is 24.0 Å². The molecule has 1 aliphatic rings. The number of nitrogens with zero attached hydrogens (tertiary/aromatic N) is 1. The fourth-order valence-electron chi connectivity index (χ4n) is 2.70. The predicted octanol–water partition coefficient (Wildman–Crippen LogP) is 2.46. The maximum absolute atomic E-state index is 12.2. The lowest BCUT2D eigenvalue weighted by atomic mass is 9.85. The van der Waals surface area contributed by atoms with Crippen molar-refractivity contribution in [1.82, 2.24) is 4.90 Å². The smallest absolute Gasteiger partial charge is 0.227 e. The molecule has 107 valence electrons. The van der Waals surface area contributed by atoms with Crippen LogP contribution in [0.5, 0.6) is 0 Å². The summed E-state index contributed by atoms with van der Waals surface area (Å²) in [6, 6.07) is 10.5. The quantitative estimate of drug-likeness (QED) is 0.919. The summed E-state index contributed by atoms with van der Waals surface area (Å²) in [6.07, 6.45) is 3.48. The number of hydrogen-bond acceptors (Lipinski definition) is 2. The number of rotatable bonds is 3. The van der Waals surface area contributed by atoms with Crippen LogP contribution in [0.4, 0.5) is 5.69 Å². The number of benzene rings is 1. The Morgan fingerprint density at radius 2 is 1.80 bits per heavy atom. The van der Waals surface area contributed by atoms with E-state index in [1.807, 2.05) is 19.2 Å². The molecule has 0 unspecified atom stereocenters. The van der Waals surface area contributed by atoms with Gasteiger partial charge in [0.05, 0.1) is 0 Å². The van der Waals surface area contributed by atoms with Gasteiger partial charge in [-0.15, -0.1) is 0 Å². The standard InChI is InChI=1S/C16H21N2O2/c1-12(19)18(2)15-10-8-13(9-11-15)16(20)17-14-6-4-3-5-7-14/h4-7,13,15H,8-11H2,1-2H3,(H,17,20)/t13-,15+. The molecule has 1 saturated carbocycles. The minimum Gasteiger partial charge on any atom is -0.343 e. The number of amides is 2. The van der Waals surface area contributed by atoms with Crippen molar-refractivity contribution in [2.75, 3.05) is 12.4 Å². The Morgan fingerprint density at radius 3 is 2.35 bits per heavy atom. The Hall–Kier alpha value is -1.84. The lowest BCUT2D eigenvalue weighted by Gasteiger charge is -2.33. The van der Waals surface area contributed by atoms with E-state index in [9.17, 15) is 9.59 Å². The average molecular weight is 273 g/mol. The largest absolute Gasteiger partial charge is 0.343 e. The van der Waals surface area contributed by atoms with Gasteiger partial charge in [-0.05, 0) is 43.9 Å². The van der Waals surface area contributed by atoms with Crippen molar-refractivity contribution < 1.29 is 9.59 Å². The molecule has 0 bridgehead atoms. The normalized spacial score (nSPS) is 22.1. The van der Waals surface area contributed by atoms with Crippen LogP contribution in [-0.4, -0.2) is 29.8 Å². The summed E-state index contributed by atoms with van der Waals surface area (Å²) in [7, 11) is 1.84. The van der Waals surface area contributed by atoms with E-state index >= 15 is 0 Å². The van der Waals surface area contributed by atoms with E-state index < -0.39 is 0 Å². The highest BCUT2D eigenvalue weighted by Gasteiger charge is 2.28. The third kappa shape index (κ3) is 3.59. The van der Waals surface area contributed by atoms with E-state index in [2.05, 4.69) is 11.4 Å². The molecule has 2 amide bonds. The zero-order valence-electron chi connectivity index (χ0n) is 12.1. The first kappa shape index (κ1) is 14.6. The Morgan fingerprint density at radius 1 is 1.20 bits per heavy atom. The van der Waals surface area contributed by atoms with Gasteiger partial charge in [0.1, 0.15) is 0 Å². The van der Waals surface area contributed by atoms with E-state index in [0.717, 1.165) is 31.4 Å². The number of anilines is 1. The summed E-state index contributed by atoms with van der Waals surface area (Å²) in [6.45, 7) is 1.59. The molecule has 0 heterocycles. The van der Waals surface area contributed by atoms with Crippen molar-refractivity contribution in [2.45, 2.75) is 38.6 Å². The van der Waals surface area contributed by atoms with Crippen molar-refractivity contribution in [3.05, 3.63) is 30.3 Å². The van der Waals surface area contributed by atoms with E-state index in [-0.39, 0.29) is 23.8 Å². The molecule has 1 aliphatic carbocycles. The third-order valence-electron chi connectivity index (χ3n) is 4.10. The molecule has 0 aromatic heterocycles. The van der Waals surface area contributed by atoms with Crippen LogP contribution >= 0.6 is 0 Å². The van der Waals surface area contributed by atoms with Crippen LogP contribution in [0.2, 0.25) is 0 Å². The van der Waals surface area contributed by atoms with Crippen molar-refractivity contribution in [2.24, 2.45) is 5.92 Å². The fraction of sp³-hybridized carbons (Fsp3) is 0.500. The SMILES string of the molecule is CC(=O)N(C)[C@H]1CC[C@@H](C(=O)Nc2cc[c]cc2)CC1. The Balaban J connectivity index is 1.84. The molecule has 0 aliphatic heterocycles. The van der Waals surface area contributed by atoms with Gasteiger partial charge in [-0.1, -0.05) is 12.1 Å². The molecule has 1 aromatic rings. The highest BCUT2D eigenvalue weighted by Crippen LogP contribution is 2.28. The molecule has 2 rings (SSSR count). The van der Waals surface area contributed by atoms with Crippen LogP contribution in [-0.2, 0) is 9.59 Å². The molecule has 1 fully saturated rings. The van der Waals surface area contributed by atoms with Crippen LogP contribution in [0.1, 0.15) is 32.6 Å². The first-order valence-electron chi connectivity index (χ1n) is 7.08. The molecule has 1 aromatic carbocycles. The van der Waals surface area contributed by atoms with E-state index in [1.165, 1.54) is 0 Å². The number of hydrogen-bond donors (Lipinski definition) is 1. The first-order chi connectivity index (χ1) is 9.58. The Labute approximate surface area is 120 Å². The van der Waals surface area contributed by atoms with Crippen molar-refractivity contribution in [1.29, 1.82) is 0 Å². The second kappa shape index (κ2) is 6.55. The maximum atomic E-state index is 12.2. The predicted molar refractivity (Wildman–Crippen MR) is 78.1 cm³/mol. The molecule has 1 radical (unpaired) electrons. The topological polar surface area (TPSA) is 49.4 Å². The summed E-state index contributed by atoms with van der Waals surface area (Å²) in [5.41, 5.74) is 0.816. The number of carbonyl (C=O) groups is 2. The molecule has 0 spiro atoms. The van der Waals surface area contributed by atoms with Crippen molar-refractivity contribution in [3.63, 3.8) is 0 Å². The van der Waals surface area contributed by atoms with Crippen molar-refractivity contribution >= 4 is 17.5 Å². The van der Waals surface area contributed by atoms with Crippen LogP contribution < -0.4 is 5.32 Å². The molecular formula is C16H21N2O2. The molecule has 0 saturated heterocycles. The second-order valence-electron chi connectivity index (χ2n) is 5.41. The molecular weight excluding hydrogens is 252 g/mol. The zero-order valence-corrected chi connectivity index (χ0v) is 12.1. The summed E-state index contributed by atoms with van der Waals surface area (Å²) in [5, 5.41) is 2.94. The highest BCUT2D eigenvalue weighted by molar-refractivity contribution is 5.92. The van der Waals surface area contributed by atoms with Crippen LogP contribution in [0.25, 0.3) is 0 Å². The molecule has 4 nitrogen and oxygen atoms in total. The van der Waals surface area contributed by atoms with Crippen molar-refractivity contribution in [3.8, 4) is 0 Å². The van der Waals surface area contributed by atoms with Crippen LogP contribution in [0.3, 0.4) is 0 Å². The second-order valence-corrected chi connectivity index (χ2v) is 5.41. The number of nitrogens with one attached hydrogen (secondary N) is 1. The van der Waals surface area contributed by atoms with Gasteiger partial charge in [0, 0.05) is 31.6 Å². The summed E-state index contributed by atoms with van der Waals surface area (Å²) in [4.78, 5) is 25.3. The fourth-order valence-corrected chi connectivity index (χ4v) is 2.70. The van der Waals surface area contributed by atoms with Gasteiger partial charge in [0.25, 0.3) is 0 Å². The van der Waals surface area contributed by atoms with Gasteiger partial charge in [0.2, 0.25) is 11.8 Å². The molecule has 1 N–H and O–H groups in total. The molecule has 0 atom stereocenters. The molecule has 20 heavy (non-hydrogen) atoms. The zero-order chi connectivity index (χ0) is 14.5. The first-order valence-corrected chi connectivity index (χ1v) is 7.08. The maximum Gasteiger partial charge on any atom is 0.227 e. The Bertz CT molecular complexity index is 465. The van der Waals surface area contributed by atoms with Gasteiger partial charge in [-0.3, -0.25) is 9.59 Å². The monoisotopic (exact) mass is 273 g/mol. The van der Waals surface area contributed by atoms with Crippen LogP contribution in [0, 0.1) is 12.0 Å². The van der Waals surface area contributed by atoms with E-state index in [0.29, 0.717) is 0 Å². The Kier molecular flexibility index (Phi) is 4.77. The van der Waals surface area contributed by atoms with Gasteiger partial charge in [0.15, 0.2) is 0 Å². The van der Waals surface area contributed by atoms with Gasteiger partial charge in [-0.25, -0.2) is 0 Å².